The fraction of sp³-hybridized carbons (Fsp3) is 0.696. The minimum absolute atomic E-state index is 0.268. The summed E-state index contributed by atoms with van der Waals surface area (Å²) in [6, 6.07) is 8.01. The van der Waals surface area contributed by atoms with Crippen LogP contribution in [-0.4, -0.2) is 67.3 Å². The zero-order chi connectivity index (χ0) is 24.1. The fourth-order valence-electron chi connectivity index (χ4n) is 4.50. The Morgan fingerprint density at radius 1 is 1.12 bits per heavy atom. The first kappa shape index (κ1) is 25.4. The molecule has 0 radical (unpaired) electrons. The third-order valence-electron chi connectivity index (χ3n) is 6.53. The Balaban J connectivity index is 1.85. The van der Waals surface area contributed by atoms with Crippen molar-refractivity contribution in [3.8, 4) is 0 Å². The number of methoxy groups -OCH3 is 1. The summed E-state index contributed by atoms with van der Waals surface area (Å²) in [7, 11) is 1.50. The standard InChI is InChI=1S/C23H33N3O7/c1-6-16-19(12(2)17(25-26-24)22(29-5)31-16)33-23-20(13(3)18(27)14(4)30-23)32-21(28)15-10-8-7-9-11-15/h7-14,16-20,22-23,27H,6H2,1-5H3/t12?,13?,14?,16?,17-,18-,19-,20-,22-,23+/m0/s1. The van der Waals surface area contributed by atoms with Gasteiger partial charge in [-0.3, -0.25) is 0 Å². The predicted molar refractivity (Wildman–Crippen MR) is 118 cm³/mol. The molecule has 33 heavy (non-hydrogen) atoms. The van der Waals surface area contributed by atoms with E-state index in [0.29, 0.717) is 12.0 Å². The van der Waals surface area contributed by atoms with E-state index < -0.39 is 54.9 Å². The molecule has 1 N–H and O–H groups in total. The van der Waals surface area contributed by atoms with Crippen LogP contribution in [0.15, 0.2) is 35.4 Å². The Morgan fingerprint density at radius 3 is 2.42 bits per heavy atom. The lowest BCUT2D eigenvalue weighted by Crippen LogP contribution is -2.59. The summed E-state index contributed by atoms with van der Waals surface area (Å²) in [5.41, 5.74) is 9.42. The van der Waals surface area contributed by atoms with Gasteiger partial charge in [0.2, 0.25) is 0 Å². The van der Waals surface area contributed by atoms with Gasteiger partial charge in [-0.1, -0.05) is 44.1 Å². The summed E-state index contributed by atoms with van der Waals surface area (Å²) in [6.45, 7) is 7.40. The van der Waals surface area contributed by atoms with E-state index in [4.69, 9.17) is 29.2 Å². The monoisotopic (exact) mass is 463 g/mol. The molecule has 3 rings (SSSR count). The van der Waals surface area contributed by atoms with E-state index in [9.17, 15) is 9.90 Å². The van der Waals surface area contributed by atoms with Crippen molar-refractivity contribution >= 4 is 5.97 Å². The van der Waals surface area contributed by atoms with Gasteiger partial charge in [-0.25, -0.2) is 4.79 Å². The number of nitrogens with zero attached hydrogens (tertiary/aromatic N) is 3. The van der Waals surface area contributed by atoms with Gasteiger partial charge in [-0.2, -0.15) is 0 Å². The van der Waals surface area contributed by atoms with Crippen LogP contribution in [0.4, 0.5) is 0 Å². The summed E-state index contributed by atoms with van der Waals surface area (Å²) < 4.78 is 29.5. The van der Waals surface area contributed by atoms with Crippen LogP contribution in [0.25, 0.3) is 10.4 Å². The van der Waals surface area contributed by atoms with Crippen molar-refractivity contribution in [2.75, 3.05) is 7.11 Å². The maximum atomic E-state index is 12.8. The molecule has 0 amide bonds. The van der Waals surface area contributed by atoms with Gasteiger partial charge in [0, 0.05) is 17.9 Å². The summed E-state index contributed by atoms with van der Waals surface area (Å²) in [5.74, 6) is -1.24. The molecule has 2 aliphatic rings. The van der Waals surface area contributed by atoms with E-state index in [-0.39, 0.29) is 12.0 Å². The molecule has 0 aliphatic carbocycles. The number of carbonyl (C=O) groups is 1. The average molecular weight is 464 g/mol. The molecule has 0 saturated carbocycles. The van der Waals surface area contributed by atoms with Gasteiger partial charge in [-0.15, -0.1) is 0 Å². The van der Waals surface area contributed by atoms with Gasteiger partial charge in [0.05, 0.1) is 36.0 Å². The van der Waals surface area contributed by atoms with Crippen LogP contribution in [-0.2, 0) is 23.7 Å². The zero-order valence-corrected chi connectivity index (χ0v) is 19.6. The van der Waals surface area contributed by atoms with Gasteiger partial charge < -0.3 is 28.8 Å². The highest BCUT2D eigenvalue weighted by Gasteiger charge is 2.49. The summed E-state index contributed by atoms with van der Waals surface area (Å²) in [6.07, 6.45) is -4.12. The average Bonchev–Trinajstić information content (AvgIpc) is 2.83. The van der Waals surface area contributed by atoms with Gasteiger partial charge in [0.15, 0.2) is 18.7 Å². The molecule has 1 aromatic rings. The molecule has 10 nitrogen and oxygen atoms in total. The second-order valence-electron chi connectivity index (χ2n) is 8.64. The number of aliphatic hydroxyl groups is 1. The van der Waals surface area contributed by atoms with Gasteiger partial charge in [0.25, 0.3) is 0 Å². The molecule has 10 atom stereocenters. The third-order valence-corrected chi connectivity index (χ3v) is 6.53. The van der Waals surface area contributed by atoms with E-state index in [1.54, 1.807) is 38.1 Å². The maximum absolute atomic E-state index is 12.8. The van der Waals surface area contributed by atoms with Crippen molar-refractivity contribution in [1.82, 2.24) is 0 Å². The van der Waals surface area contributed by atoms with E-state index in [0.717, 1.165) is 0 Å². The molecule has 182 valence electrons. The normalized spacial score (nSPS) is 38.8. The zero-order valence-electron chi connectivity index (χ0n) is 19.6. The lowest BCUT2D eigenvalue weighted by atomic mass is 9.87. The van der Waals surface area contributed by atoms with E-state index in [1.807, 2.05) is 19.9 Å². The number of benzene rings is 1. The minimum Gasteiger partial charge on any atom is -0.453 e. The number of hydrogen-bond donors (Lipinski definition) is 1. The molecular weight excluding hydrogens is 430 g/mol. The molecule has 1 aromatic carbocycles. The second-order valence-corrected chi connectivity index (χ2v) is 8.64. The van der Waals surface area contributed by atoms with Crippen molar-refractivity contribution in [3.63, 3.8) is 0 Å². The number of esters is 1. The molecule has 10 heteroatoms. The molecule has 4 unspecified atom stereocenters. The number of hydrogen-bond acceptors (Lipinski definition) is 8. The van der Waals surface area contributed by atoms with Crippen molar-refractivity contribution in [2.45, 2.75) is 83.3 Å². The largest absolute Gasteiger partial charge is 0.453 e. The third kappa shape index (κ3) is 5.48. The summed E-state index contributed by atoms with van der Waals surface area (Å²) in [5, 5.41) is 14.4. The lowest BCUT2D eigenvalue weighted by molar-refractivity contribution is -0.326. The van der Waals surface area contributed by atoms with Crippen molar-refractivity contribution in [2.24, 2.45) is 17.0 Å². The van der Waals surface area contributed by atoms with Crippen molar-refractivity contribution in [3.05, 3.63) is 46.3 Å². The maximum Gasteiger partial charge on any atom is 0.338 e. The predicted octanol–water partition coefficient (Wildman–Crippen LogP) is 3.44. The Morgan fingerprint density at radius 2 is 1.82 bits per heavy atom. The Labute approximate surface area is 193 Å². The minimum atomic E-state index is -0.943. The van der Waals surface area contributed by atoms with Crippen LogP contribution in [0.3, 0.4) is 0 Å². The van der Waals surface area contributed by atoms with Crippen molar-refractivity contribution in [1.29, 1.82) is 0 Å². The van der Waals surface area contributed by atoms with E-state index in [2.05, 4.69) is 10.0 Å². The van der Waals surface area contributed by atoms with Crippen LogP contribution in [0, 0.1) is 11.8 Å². The first-order chi connectivity index (χ1) is 15.8. The number of azide groups is 1. The Kier molecular flexibility index (Phi) is 8.69. The fourth-order valence-corrected chi connectivity index (χ4v) is 4.50. The molecule has 0 aromatic heterocycles. The Bertz CT molecular complexity index is 835. The quantitative estimate of drug-likeness (QED) is 0.283. The van der Waals surface area contributed by atoms with Gasteiger partial charge >= 0.3 is 5.97 Å². The molecule has 0 bridgehead atoms. The molecular formula is C23H33N3O7. The van der Waals surface area contributed by atoms with Crippen LogP contribution in [0.2, 0.25) is 0 Å². The smallest absolute Gasteiger partial charge is 0.338 e. The SMILES string of the molecule is CCC1O[C@H](OC)[C@@H](N=[N+]=[N-])C(C)[C@@H]1O[C@H]1OC(C)[C@@H](O)C(C)[C@@H]1OC(=O)c1ccccc1. The van der Waals surface area contributed by atoms with Crippen LogP contribution < -0.4 is 0 Å². The van der Waals surface area contributed by atoms with E-state index in [1.165, 1.54) is 7.11 Å². The molecule has 0 spiro atoms. The number of carbonyl (C=O) groups excluding carboxylic acids is 1. The highest BCUT2D eigenvalue weighted by molar-refractivity contribution is 5.89. The van der Waals surface area contributed by atoms with Crippen LogP contribution in [0.5, 0.6) is 0 Å². The van der Waals surface area contributed by atoms with Crippen LogP contribution in [0.1, 0.15) is 44.5 Å². The second kappa shape index (κ2) is 11.3. The number of aliphatic hydroxyl groups excluding tert-OH is 1. The highest BCUT2D eigenvalue weighted by atomic mass is 16.7. The first-order valence-corrected chi connectivity index (χ1v) is 11.3. The number of ether oxygens (including phenoxy) is 5. The molecule has 2 saturated heterocycles. The van der Waals surface area contributed by atoms with Crippen LogP contribution >= 0.6 is 0 Å². The lowest BCUT2D eigenvalue weighted by Gasteiger charge is -2.47. The summed E-state index contributed by atoms with van der Waals surface area (Å²) >= 11 is 0. The molecule has 2 fully saturated rings. The van der Waals surface area contributed by atoms with Gasteiger partial charge in [-0.05, 0) is 36.9 Å². The number of rotatable bonds is 7. The summed E-state index contributed by atoms with van der Waals surface area (Å²) in [4.78, 5) is 15.7. The first-order valence-electron chi connectivity index (χ1n) is 11.3. The Hall–Kier alpha value is -2.20. The highest BCUT2D eigenvalue weighted by Crippen LogP contribution is 2.36. The van der Waals surface area contributed by atoms with Gasteiger partial charge in [0.1, 0.15) is 0 Å². The topological polar surface area (TPSA) is 132 Å². The van der Waals surface area contributed by atoms with E-state index >= 15 is 0 Å². The molecule has 2 heterocycles. The molecule has 2 aliphatic heterocycles. The van der Waals surface area contributed by atoms with Crippen molar-refractivity contribution < 1.29 is 33.6 Å².